The average Bonchev–Trinajstić information content (AvgIpc) is 3.79. The third kappa shape index (κ3) is 7.08. The predicted octanol–water partition coefficient (Wildman–Crippen LogP) is 4.73. The Morgan fingerprint density at radius 1 is 1.10 bits per heavy atom. The van der Waals surface area contributed by atoms with E-state index in [1.165, 1.54) is 17.4 Å². The van der Waals surface area contributed by atoms with Crippen LogP contribution in [-0.4, -0.2) is 81.0 Å². The number of carbonyl (C=O) groups excluding carboxylic acids is 1. The third-order valence-electron chi connectivity index (χ3n) is 8.00. The van der Waals surface area contributed by atoms with E-state index in [9.17, 15) is 14.0 Å². The lowest BCUT2D eigenvalue weighted by Crippen LogP contribution is -2.31. The van der Waals surface area contributed by atoms with Crippen LogP contribution in [0.5, 0.6) is 5.88 Å². The molecule has 42 heavy (non-hydrogen) atoms. The van der Waals surface area contributed by atoms with Crippen molar-refractivity contribution < 1.29 is 23.2 Å². The molecule has 1 N–H and O–H groups in total. The topological polar surface area (TPSA) is 128 Å². The highest BCUT2D eigenvalue weighted by atomic mass is 19.1. The monoisotopic (exact) mass is 588 g/mol. The maximum Gasteiger partial charge on any atom is 0.327 e. The van der Waals surface area contributed by atoms with Gasteiger partial charge in [0, 0.05) is 44.8 Å². The third-order valence-corrected chi connectivity index (χ3v) is 8.00. The summed E-state index contributed by atoms with van der Waals surface area (Å²) in [5.41, 5.74) is 1.89. The molecule has 0 amide bonds. The van der Waals surface area contributed by atoms with Crippen LogP contribution in [-0.2, 0) is 23.0 Å². The first-order valence-corrected chi connectivity index (χ1v) is 15.4. The van der Waals surface area contributed by atoms with E-state index in [4.69, 9.17) is 14.0 Å². The fraction of sp³-hybridized carbons (Fsp3) is 0.700. The number of nitrogens with zero attached hydrogens (tertiary/aromatic N) is 5. The number of hydrogen-bond acceptors (Lipinski definition) is 9. The van der Waals surface area contributed by atoms with E-state index in [0.717, 1.165) is 44.5 Å². The zero-order chi connectivity index (χ0) is 30.2. The molecule has 3 aliphatic rings. The summed E-state index contributed by atoms with van der Waals surface area (Å²) in [6, 6.07) is -0.0979. The average molecular weight is 589 g/mol. The summed E-state index contributed by atoms with van der Waals surface area (Å²) in [5, 5.41) is 4.30. The molecular weight excluding hydrogens is 543 g/mol. The van der Waals surface area contributed by atoms with Crippen molar-refractivity contribution in [1.29, 1.82) is 0 Å². The quantitative estimate of drug-likeness (QED) is 0.416. The van der Waals surface area contributed by atoms with Crippen LogP contribution in [0.3, 0.4) is 0 Å². The summed E-state index contributed by atoms with van der Waals surface area (Å²) in [4.78, 5) is 38.8. The zero-order valence-electron chi connectivity index (χ0n) is 25.6. The second kappa shape index (κ2) is 14.9. The lowest BCUT2D eigenvalue weighted by atomic mass is 9.83. The number of imidazole rings is 1. The van der Waals surface area contributed by atoms with E-state index in [2.05, 4.69) is 20.1 Å². The highest BCUT2D eigenvalue weighted by Crippen LogP contribution is 2.37. The van der Waals surface area contributed by atoms with Gasteiger partial charge in [-0.05, 0) is 45.6 Å². The molecule has 0 bridgehead atoms. The molecule has 3 atom stereocenters. The summed E-state index contributed by atoms with van der Waals surface area (Å²) in [6.45, 7) is 8.64. The summed E-state index contributed by atoms with van der Waals surface area (Å²) >= 11 is 0. The number of halogens is 1. The minimum absolute atomic E-state index is 0.0979. The Morgan fingerprint density at radius 2 is 1.86 bits per heavy atom. The largest absolute Gasteiger partial charge is 0.474 e. The van der Waals surface area contributed by atoms with Crippen molar-refractivity contribution in [3.05, 3.63) is 21.7 Å². The van der Waals surface area contributed by atoms with Crippen LogP contribution in [0.4, 0.5) is 4.39 Å². The number of Topliss-reactive ketones (excluding diaryl/α,β-unsaturated/α-hetero) is 1. The van der Waals surface area contributed by atoms with Crippen LogP contribution in [0, 0.1) is 0 Å². The minimum atomic E-state index is -0.891. The number of ether oxygens (including phenoxy) is 2. The number of aromatic nitrogens is 5. The number of hydrogen-bond donors (Lipinski definition) is 1. The standard InChI is InChI=1S/C24H31FN6O4.C4H8O.C2H6/c1-4-7-16-18(15-8-5-6-9-17(15)32)29-35-20(16)22-26-21-19(31(3)24(33)28-21)23(27-22)34-12-14-10-13(25)11-30(14)2;1-2-4-5-3-1;1-2/h13-15H,4-12H2,1-3H3,(H,26,27,28,33);1-4H2;1-2H3/t13-,14?,15?;;/m0../s1. The van der Waals surface area contributed by atoms with Crippen LogP contribution in [0.25, 0.3) is 22.7 Å². The van der Waals surface area contributed by atoms with Crippen molar-refractivity contribution in [2.45, 2.75) is 96.7 Å². The lowest BCUT2D eigenvalue weighted by Gasteiger charge is -2.19. The van der Waals surface area contributed by atoms with Gasteiger partial charge in [-0.1, -0.05) is 38.8 Å². The van der Waals surface area contributed by atoms with Gasteiger partial charge in [0.25, 0.3) is 0 Å². The first-order valence-electron chi connectivity index (χ1n) is 15.4. The number of alkyl halides is 1. The van der Waals surface area contributed by atoms with Gasteiger partial charge in [-0.15, -0.1) is 0 Å². The molecule has 3 aromatic rings. The second-order valence-corrected chi connectivity index (χ2v) is 11.0. The summed E-state index contributed by atoms with van der Waals surface area (Å²) in [6.07, 6.45) is 6.73. The van der Waals surface area contributed by atoms with E-state index in [1.54, 1.807) is 7.05 Å². The maximum atomic E-state index is 13.8. The van der Waals surface area contributed by atoms with E-state index in [-0.39, 0.29) is 41.7 Å². The number of carbonyl (C=O) groups is 1. The number of likely N-dealkylation sites (tertiary alicyclic amines) is 1. The summed E-state index contributed by atoms with van der Waals surface area (Å²) < 4.78 is 32.0. The normalized spacial score (nSPS) is 22.5. The van der Waals surface area contributed by atoms with Gasteiger partial charge in [-0.25, -0.2) is 14.2 Å². The van der Waals surface area contributed by atoms with Gasteiger partial charge in [0.2, 0.25) is 17.5 Å². The number of fused-ring (bicyclic) bond motifs is 1. The van der Waals surface area contributed by atoms with Gasteiger partial charge in [0.15, 0.2) is 11.2 Å². The van der Waals surface area contributed by atoms with Crippen LogP contribution in [0.15, 0.2) is 9.32 Å². The Labute approximate surface area is 246 Å². The molecule has 1 saturated carbocycles. The second-order valence-electron chi connectivity index (χ2n) is 11.0. The zero-order valence-corrected chi connectivity index (χ0v) is 25.6. The van der Waals surface area contributed by atoms with E-state index in [0.29, 0.717) is 48.4 Å². The fourth-order valence-electron chi connectivity index (χ4n) is 5.74. The Bertz CT molecular complexity index is 1370. The molecule has 1 aliphatic carbocycles. The number of H-pyrrole nitrogens is 1. The lowest BCUT2D eigenvalue weighted by molar-refractivity contribution is -0.122. The van der Waals surface area contributed by atoms with Gasteiger partial charge in [0.05, 0.1) is 11.6 Å². The van der Waals surface area contributed by atoms with E-state index in [1.807, 2.05) is 32.7 Å². The van der Waals surface area contributed by atoms with Gasteiger partial charge in [-0.3, -0.25) is 19.2 Å². The SMILES string of the molecule is C1CCOC1.CC.CCCc1c(C2CCCCC2=O)noc1-c1nc(OCC2C[C@H](F)CN2C)c2c(n1)[nH]c(=O)n2C. The molecule has 2 saturated heterocycles. The fourth-order valence-corrected chi connectivity index (χ4v) is 5.74. The summed E-state index contributed by atoms with van der Waals surface area (Å²) in [7, 11) is 3.47. The Hall–Kier alpha value is -3.12. The van der Waals surface area contributed by atoms with Crippen molar-refractivity contribution in [1.82, 2.24) is 29.6 Å². The number of rotatable bonds is 7. The molecule has 0 aromatic carbocycles. The smallest absolute Gasteiger partial charge is 0.327 e. The molecule has 3 aromatic heterocycles. The number of aromatic amines is 1. The highest BCUT2D eigenvalue weighted by Gasteiger charge is 2.33. The Kier molecular flexibility index (Phi) is 11.3. The van der Waals surface area contributed by atoms with Crippen LogP contribution in [0.2, 0.25) is 0 Å². The molecule has 12 heteroatoms. The molecule has 232 valence electrons. The molecule has 5 heterocycles. The first kappa shape index (κ1) is 31.8. The molecule has 0 radical (unpaired) electrons. The number of likely N-dealkylation sites (N-methyl/N-ethyl adjacent to an activating group) is 1. The molecule has 6 rings (SSSR count). The van der Waals surface area contributed by atoms with Crippen molar-refractivity contribution >= 4 is 16.9 Å². The van der Waals surface area contributed by atoms with E-state index >= 15 is 0 Å². The van der Waals surface area contributed by atoms with Crippen molar-refractivity contribution in [3.8, 4) is 17.5 Å². The van der Waals surface area contributed by atoms with Crippen LogP contribution >= 0.6 is 0 Å². The molecular formula is C30H45FN6O5. The van der Waals surface area contributed by atoms with Crippen LogP contribution in [0.1, 0.15) is 89.3 Å². The summed E-state index contributed by atoms with van der Waals surface area (Å²) in [5.74, 6) is 0.760. The molecule has 2 unspecified atom stereocenters. The first-order chi connectivity index (χ1) is 20.4. The number of aryl methyl sites for hydroxylation is 1. The Morgan fingerprint density at radius 3 is 2.48 bits per heavy atom. The van der Waals surface area contributed by atoms with Gasteiger partial charge < -0.3 is 14.0 Å². The number of nitrogens with one attached hydrogen (secondary N) is 1. The van der Waals surface area contributed by atoms with Gasteiger partial charge >= 0.3 is 5.69 Å². The van der Waals surface area contributed by atoms with Crippen LogP contribution < -0.4 is 10.4 Å². The van der Waals surface area contributed by atoms with E-state index < -0.39 is 6.17 Å². The van der Waals surface area contributed by atoms with Crippen molar-refractivity contribution in [2.24, 2.45) is 7.05 Å². The van der Waals surface area contributed by atoms with Gasteiger partial charge in [0.1, 0.15) is 18.6 Å². The molecule has 0 spiro atoms. The van der Waals surface area contributed by atoms with Gasteiger partial charge in [-0.2, -0.15) is 4.98 Å². The minimum Gasteiger partial charge on any atom is -0.474 e. The predicted molar refractivity (Wildman–Crippen MR) is 158 cm³/mol. The molecule has 11 nitrogen and oxygen atoms in total. The molecule has 3 fully saturated rings. The highest BCUT2D eigenvalue weighted by molar-refractivity contribution is 5.86. The van der Waals surface area contributed by atoms with Crippen molar-refractivity contribution in [3.63, 3.8) is 0 Å². The van der Waals surface area contributed by atoms with Crippen molar-refractivity contribution in [2.75, 3.05) is 33.4 Å². The maximum absolute atomic E-state index is 13.8. The molecule has 2 aliphatic heterocycles. The Balaban J connectivity index is 0.000000516. The number of ketones is 1.